The fraction of sp³-hybridized carbons (Fsp3) is 0.458. The molecule has 7 nitrogen and oxygen atoms in total. The maximum absolute atomic E-state index is 13.8. The molecule has 0 spiro atoms. The van der Waals surface area contributed by atoms with Crippen LogP contribution in [0.1, 0.15) is 30.9 Å². The molecule has 0 N–H and O–H groups in total. The van der Waals surface area contributed by atoms with E-state index in [2.05, 4.69) is 16.9 Å². The Kier molecular flexibility index (Phi) is 6.23. The standard InChI is InChI=1S/C24H30N4O3/c1-17-4-5-22-21(14-17)28(23(29)16-31-22)18(2)24(30)27(15-19-6-10-25-11-7-19)20-8-12-26(3)13-9-20/h4-7,10-11,14,18,20H,8-9,12-13,15-16H2,1-3H3. The number of aryl methyl sites for hydroxylation is 1. The molecule has 2 aliphatic heterocycles. The first-order chi connectivity index (χ1) is 14.9. The van der Waals surface area contributed by atoms with Gasteiger partial charge in [0.1, 0.15) is 11.8 Å². The van der Waals surface area contributed by atoms with Crippen LogP contribution in [0.15, 0.2) is 42.7 Å². The fourth-order valence-electron chi connectivity index (χ4n) is 4.43. The predicted octanol–water partition coefficient (Wildman–Crippen LogP) is 2.63. The number of carbonyl (C=O) groups excluding carboxylic acids is 2. The van der Waals surface area contributed by atoms with Gasteiger partial charge in [-0.15, -0.1) is 0 Å². The van der Waals surface area contributed by atoms with Gasteiger partial charge in [-0.05, 0) is 82.2 Å². The molecule has 2 aromatic rings. The van der Waals surface area contributed by atoms with E-state index in [0.29, 0.717) is 18.0 Å². The van der Waals surface area contributed by atoms with E-state index < -0.39 is 6.04 Å². The van der Waals surface area contributed by atoms with Gasteiger partial charge in [-0.1, -0.05) is 6.07 Å². The summed E-state index contributed by atoms with van der Waals surface area (Å²) in [4.78, 5) is 36.6. The number of pyridine rings is 1. The smallest absolute Gasteiger partial charge is 0.265 e. The van der Waals surface area contributed by atoms with Crippen LogP contribution in [0.4, 0.5) is 5.69 Å². The second-order valence-electron chi connectivity index (χ2n) is 8.56. The average molecular weight is 423 g/mol. The molecule has 1 unspecified atom stereocenters. The Bertz CT molecular complexity index is 941. The molecule has 2 aliphatic rings. The van der Waals surface area contributed by atoms with Gasteiger partial charge in [-0.25, -0.2) is 0 Å². The van der Waals surface area contributed by atoms with E-state index in [0.717, 1.165) is 37.1 Å². The number of amides is 2. The molecule has 0 radical (unpaired) electrons. The van der Waals surface area contributed by atoms with Gasteiger partial charge in [-0.3, -0.25) is 19.5 Å². The van der Waals surface area contributed by atoms with Crippen molar-refractivity contribution in [3.05, 3.63) is 53.9 Å². The van der Waals surface area contributed by atoms with Crippen LogP contribution in [0.5, 0.6) is 5.75 Å². The molecule has 4 rings (SSSR count). The molecule has 1 aromatic heterocycles. The molecule has 1 saturated heterocycles. The summed E-state index contributed by atoms with van der Waals surface area (Å²) < 4.78 is 5.61. The second kappa shape index (κ2) is 9.06. The quantitative estimate of drug-likeness (QED) is 0.741. The highest BCUT2D eigenvalue weighted by molar-refractivity contribution is 6.03. The highest BCUT2D eigenvalue weighted by Gasteiger charge is 2.37. The number of fused-ring (bicyclic) bond motifs is 1. The first kappa shape index (κ1) is 21.3. The first-order valence-corrected chi connectivity index (χ1v) is 10.9. The van der Waals surface area contributed by atoms with Crippen molar-refractivity contribution in [1.29, 1.82) is 0 Å². The van der Waals surface area contributed by atoms with Crippen molar-refractivity contribution in [2.45, 2.75) is 45.3 Å². The van der Waals surface area contributed by atoms with E-state index in [-0.39, 0.29) is 24.5 Å². The van der Waals surface area contributed by atoms with Crippen LogP contribution in [-0.2, 0) is 16.1 Å². The molecule has 1 aromatic carbocycles. The summed E-state index contributed by atoms with van der Waals surface area (Å²) in [6, 6.07) is 9.15. The molecule has 7 heteroatoms. The van der Waals surface area contributed by atoms with Gasteiger partial charge in [-0.2, -0.15) is 0 Å². The summed E-state index contributed by atoms with van der Waals surface area (Å²) in [5.41, 5.74) is 2.73. The lowest BCUT2D eigenvalue weighted by Gasteiger charge is -2.41. The van der Waals surface area contributed by atoms with Crippen LogP contribution in [-0.4, -0.2) is 65.4 Å². The topological polar surface area (TPSA) is 66.0 Å². The number of piperidine rings is 1. The van der Waals surface area contributed by atoms with Crippen molar-refractivity contribution < 1.29 is 14.3 Å². The Morgan fingerprint density at radius 2 is 1.94 bits per heavy atom. The molecular weight excluding hydrogens is 392 g/mol. The summed E-state index contributed by atoms with van der Waals surface area (Å²) in [5.74, 6) is 0.421. The van der Waals surface area contributed by atoms with Gasteiger partial charge in [0.15, 0.2) is 6.61 Å². The highest BCUT2D eigenvalue weighted by atomic mass is 16.5. The van der Waals surface area contributed by atoms with Crippen molar-refractivity contribution in [2.24, 2.45) is 0 Å². The number of ether oxygens (including phenoxy) is 1. The molecule has 0 bridgehead atoms. The molecule has 1 fully saturated rings. The minimum Gasteiger partial charge on any atom is -0.482 e. The average Bonchev–Trinajstić information content (AvgIpc) is 2.78. The Morgan fingerprint density at radius 3 is 2.65 bits per heavy atom. The Morgan fingerprint density at radius 1 is 1.23 bits per heavy atom. The van der Waals surface area contributed by atoms with E-state index in [9.17, 15) is 9.59 Å². The van der Waals surface area contributed by atoms with Crippen molar-refractivity contribution in [1.82, 2.24) is 14.8 Å². The number of anilines is 1. The molecule has 1 atom stereocenters. The third-order valence-electron chi connectivity index (χ3n) is 6.25. The molecule has 31 heavy (non-hydrogen) atoms. The van der Waals surface area contributed by atoms with E-state index in [1.807, 2.05) is 49.1 Å². The number of hydrogen-bond donors (Lipinski definition) is 0. The zero-order valence-electron chi connectivity index (χ0n) is 18.5. The Balaban J connectivity index is 1.63. The zero-order chi connectivity index (χ0) is 22.0. The van der Waals surface area contributed by atoms with Crippen LogP contribution >= 0.6 is 0 Å². The minimum absolute atomic E-state index is 0.0333. The molecule has 0 saturated carbocycles. The summed E-state index contributed by atoms with van der Waals surface area (Å²) in [6.07, 6.45) is 5.35. The van der Waals surface area contributed by atoms with Crippen molar-refractivity contribution in [2.75, 3.05) is 31.6 Å². The summed E-state index contributed by atoms with van der Waals surface area (Å²) >= 11 is 0. The molecule has 3 heterocycles. The van der Waals surface area contributed by atoms with E-state index in [1.165, 1.54) is 0 Å². The predicted molar refractivity (Wildman–Crippen MR) is 119 cm³/mol. The molecule has 2 amide bonds. The van der Waals surface area contributed by atoms with E-state index >= 15 is 0 Å². The third-order valence-corrected chi connectivity index (χ3v) is 6.25. The lowest BCUT2D eigenvalue weighted by atomic mass is 10.0. The van der Waals surface area contributed by atoms with Gasteiger partial charge >= 0.3 is 0 Å². The van der Waals surface area contributed by atoms with Crippen molar-refractivity contribution >= 4 is 17.5 Å². The maximum atomic E-state index is 13.8. The van der Waals surface area contributed by atoms with Gasteiger partial charge in [0.2, 0.25) is 5.91 Å². The van der Waals surface area contributed by atoms with Gasteiger partial charge in [0.05, 0.1) is 5.69 Å². The number of likely N-dealkylation sites (tertiary alicyclic amines) is 1. The number of benzene rings is 1. The van der Waals surface area contributed by atoms with Crippen LogP contribution in [0.25, 0.3) is 0 Å². The number of nitrogens with zero attached hydrogens (tertiary/aromatic N) is 4. The van der Waals surface area contributed by atoms with Crippen LogP contribution in [0.2, 0.25) is 0 Å². The normalized spacial score (nSPS) is 18.3. The number of rotatable bonds is 5. The zero-order valence-corrected chi connectivity index (χ0v) is 18.5. The Labute approximate surface area is 183 Å². The van der Waals surface area contributed by atoms with E-state index in [1.54, 1.807) is 17.3 Å². The van der Waals surface area contributed by atoms with Crippen LogP contribution in [0.3, 0.4) is 0 Å². The van der Waals surface area contributed by atoms with E-state index in [4.69, 9.17) is 4.74 Å². The monoisotopic (exact) mass is 422 g/mol. The maximum Gasteiger partial charge on any atom is 0.265 e. The molecule has 164 valence electrons. The minimum atomic E-state index is -0.613. The number of aromatic nitrogens is 1. The highest BCUT2D eigenvalue weighted by Crippen LogP contribution is 2.35. The summed E-state index contributed by atoms with van der Waals surface area (Å²) in [6.45, 7) is 6.17. The summed E-state index contributed by atoms with van der Waals surface area (Å²) in [7, 11) is 2.11. The Hall–Kier alpha value is -2.93. The lowest BCUT2D eigenvalue weighted by Crippen LogP contribution is -2.55. The van der Waals surface area contributed by atoms with Crippen LogP contribution in [0, 0.1) is 6.92 Å². The lowest BCUT2D eigenvalue weighted by molar-refractivity contribution is -0.138. The van der Waals surface area contributed by atoms with Gasteiger partial charge in [0.25, 0.3) is 5.91 Å². The number of hydrogen-bond acceptors (Lipinski definition) is 5. The van der Waals surface area contributed by atoms with Crippen molar-refractivity contribution in [3.8, 4) is 5.75 Å². The first-order valence-electron chi connectivity index (χ1n) is 10.9. The summed E-state index contributed by atoms with van der Waals surface area (Å²) in [5, 5.41) is 0. The van der Waals surface area contributed by atoms with Crippen molar-refractivity contribution in [3.63, 3.8) is 0 Å². The fourth-order valence-corrected chi connectivity index (χ4v) is 4.43. The number of carbonyl (C=O) groups is 2. The van der Waals surface area contributed by atoms with Crippen LogP contribution < -0.4 is 9.64 Å². The largest absolute Gasteiger partial charge is 0.482 e. The third kappa shape index (κ3) is 4.56. The second-order valence-corrected chi connectivity index (χ2v) is 8.56. The van der Waals surface area contributed by atoms with Gasteiger partial charge < -0.3 is 14.5 Å². The molecular formula is C24H30N4O3. The molecule has 0 aliphatic carbocycles. The van der Waals surface area contributed by atoms with Gasteiger partial charge in [0, 0.05) is 25.0 Å². The SMILES string of the molecule is Cc1ccc2c(c1)N(C(C)C(=O)N(Cc1ccncc1)C1CCN(C)CC1)C(=O)CO2.